The third-order valence-electron chi connectivity index (χ3n) is 6.88. The lowest BCUT2D eigenvalue weighted by molar-refractivity contribution is -0.121. The number of hydrogen-bond acceptors (Lipinski definition) is 6. The van der Waals surface area contributed by atoms with Crippen LogP contribution >= 0.6 is 11.6 Å². The molecule has 7 nitrogen and oxygen atoms in total. The second-order valence-corrected chi connectivity index (χ2v) is 11.4. The first-order valence-electron chi connectivity index (χ1n) is 13.2. The van der Waals surface area contributed by atoms with Gasteiger partial charge in [0.2, 0.25) is 17.6 Å². The van der Waals surface area contributed by atoms with Crippen LogP contribution in [-0.2, 0) is 16.8 Å². The van der Waals surface area contributed by atoms with Gasteiger partial charge in [0, 0.05) is 17.1 Å². The van der Waals surface area contributed by atoms with Gasteiger partial charge in [-0.25, -0.2) is 0 Å². The van der Waals surface area contributed by atoms with Crippen molar-refractivity contribution in [1.29, 1.82) is 0 Å². The van der Waals surface area contributed by atoms with Crippen LogP contribution in [0.25, 0.3) is 11.4 Å². The first kappa shape index (κ1) is 26.9. The fourth-order valence-electron chi connectivity index (χ4n) is 4.70. The lowest BCUT2D eigenvalue weighted by Crippen LogP contribution is -2.40. The summed E-state index contributed by atoms with van der Waals surface area (Å²) in [5, 5.41) is 7.75. The molecule has 0 bridgehead atoms. The van der Waals surface area contributed by atoms with Gasteiger partial charge in [-0.2, -0.15) is 4.98 Å². The van der Waals surface area contributed by atoms with E-state index < -0.39 is 0 Å². The molecule has 1 amide bonds. The first-order chi connectivity index (χ1) is 18.7. The largest absolute Gasteiger partial charge is 0.455 e. The minimum Gasteiger partial charge on any atom is -0.455 e. The molecule has 1 N–H and O–H groups in total. The molecule has 202 valence electrons. The van der Waals surface area contributed by atoms with Crippen molar-refractivity contribution in [1.82, 2.24) is 15.0 Å². The highest BCUT2D eigenvalue weighted by molar-refractivity contribution is 6.31. The second kappa shape index (κ2) is 11.6. The van der Waals surface area contributed by atoms with Gasteiger partial charge < -0.3 is 14.6 Å². The van der Waals surface area contributed by atoms with Crippen LogP contribution in [-0.4, -0.2) is 34.0 Å². The Labute approximate surface area is 234 Å². The maximum atomic E-state index is 13.3. The lowest BCUT2D eigenvalue weighted by Gasteiger charge is -2.31. The normalized spacial score (nSPS) is 16.2. The van der Waals surface area contributed by atoms with Crippen molar-refractivity contribution in [2.75, 3.05) is 18.4 Å². The van der Waals surface area contributed by atoms with Crippen LogP contribution in [0.3, 0.4) is 0 Å². The molecule has 0 spiro atoms. The van der Waals surface area contributed by atoms with Gasteiger partial charge in [0.05, 0.1) is 18.2 Å². The number of ether oxygens (including phenoxy) is 1. The Bertz CT molecular complexity index is 1410. The minimum absolute atomic E-state index is 0.0648. The Balaban J connectivity index is 1.21. The smallest absolute Gasteiger partial charge is 0.241 e. The van der Waals surface area contributed by atoms with Crippen LogP contribution in [0, 0.1) is 5.92 Å². The van der Waals surface area contributed by atoms with Crippen molar-refractivity contribution in [2.24, 2.45) is 5.92 Å². The number of amides is 1. The highest BCUT2D eigenvalue weighted by atomic mass is 35.5. The van der Waals surface area contributed by atoms with Crippen LogP contribution in [0.4, 0.5) is 5.69 Å². The van der Waals surface area contributed by atoms with E-state index in [2.05, 4.69) is 53.3 Å². The van der Waals surface area contributed by atoms with Gasteiger partial charge in [-0.1, -0.05) is 80.0 Å². The summed E-state index contributed by atoms with van der Waals surface area (Å²) in [6, 6.07) is 22.9. The van der Waals surface area contributed by atoms with Crippen LogP contribution in [0.1, 0.15) is 45.1 Å². The fraction of sp³-hybridized carbons (Fsp3) is 0.323. The molecule has 0 aliphatic carbocycles. The van der Waals surface area contributed by atoms with E-state index in [1.165, 1.54) is 5.56 Å². The number of para-hydroxylation sites is 1. The average Bonchev–Trinajstić information content (AvgIpc) is 3.39. The number of rotatable bonds is 7. The van der Waals surface area contributed by atoms with Gasteiger partial charge in [0.25, 0.3) is 0 Å². The summed E-state index contributed by atoms with van der Waals surface area (Å²) >= 11 is 6.24. The van der Waals surface area contributed by atoms with Crippen molar-refractivity contribution in [3.8, 4) is 22.9 Å². The molecular formula is C31H33ClN4O3. The number of piperidine rings is 1. The summed E-state index contributed by atoms with van der Waals surface area (Å²) in [6.07, 6.45) is 1.70. The number of anilines is 1. The predicted octanol–water partition coefficient (Wildman–Crippen LogP) is 7.33. The summed E-state index contributed by atoms with van der Waals surface area (Å²) in [5.41, 5.74) is 2.81. The zero-order valence-corrected chi connectivity index (χ0v) is 23.2. The van der Waals surface area contributed by atoms with Crippen molar-refractivity contribution in [3.05, 3.63) is 89.3 Å². The van der Waals surface area contributed by atoms with E-state index in [-0.39, 0.29) is 17.2 Å². The first-order valence-corrected chi connectivity index (χ1v) is 13.6. The van der Waals surface area contributed by atoms with Gasteiger partial charge in [0.15, 0.2) is 5.75 Å². The van der Waals surface area contributed by atoms with E-state index in [4.69, 9.17) is 20.9 Å². The molecule has 1 atom stereocenters. The molecule has 39 heavy (non-hydrogen) atoms. The SMILES string of the molecule is CC(C)(C)c1ccc(-c2noc(CN3CCCC(C(=O)Nc4cc(Cl)ccc4Oc4ccccc4)C3)n2)cc1. The van der Waals surface area contributed by atoms with Gasteiger partial charge in [-0.05, 0) is 60.7 Å². The topological polar surface area (TPSA) is 80.5 Å². The monoisotopic (exact) mass is 544 g/mol. The van der Waals surface area contributed by atoms with Crippen LogP contribution in [0.5, 0.6) is 11.5 Å². The van der Waals surface area contributed by atoms with Gasteiger partial charge in [0.1, 0.15) is 5.75 Å². The van der Waals surface area contributed by atoms with E-state index >= 15 is 0 Å². The Kier molecular flexibility index (Phi) is 8.00. The average molecular weight is 545 g/mol. The van der Waals surface area contributed by atoms with Crippen molar-refractivity contribution in [3.63, 3.8) is 0 Å². The van der Waals surface area contributed by atoms with Crippen LogP contribution in [0.15, 0.2) is 77.3 Å². The lowest BCUT2D eigenvalue weighted by atomic mass is 9.87. The van der Waals surface area contributed by atoms with Gasteiger partial charge in [-0.15, -0.1) is 0 Å². The standard InChI is InChI=1S/C31H33ClN4O3/c1-31(2,3)23-13-11-21(12-14-23)29-34-28(39-35-29)20-36-17-7-8-22(19-36)30(37)33-26-18-24(32)15-16-27(26)38-25-9-5-4-6-10-25/h4-6,9-16,18,22H,7-8,17,19-20H2,1-3H3,(H,33,37). The molecule has 4 aromatic rings. The van der Waals surface area contributed by atoms with Gasteiger partial charge in [-0.3, -0.25) is 9.69 Å². The molecule has 1 fully saturated rings. The van der Waals surface area contributed by atoms with Gasteiger partial charge >= 0.3 is 0 Å². The van der Waals surface area contributed by atoms with Crippen LogP contribution in [0.2, 0.25) is 5.02 Å². The van der Waals surface area contributed by atoms with Crippen molar-refractivity contribution in [2.45, 2.75) is 45.6 Å². The fourth-order valence-corrected chi connectivity index (χ4v) is 4.87. The number of carbonyl (C=O) groups is 1. The van der Waals surface area contributed by atoms with E-state index in [9.17, 15) is 4.79 Å². The maximum absolute atomic E-state index is 13.3. The summed E-state index contributed by atoms with van der Waals surface area (Å²) in [6.45, 7) is 8.52. The number of likely N-dealkylation sites (tertiary alicyclic amines) is 1. The molecule has 8 heteroatoms. The molecule has 1 saturated heterocycles. The molecule has 0 saturated carbocycles. The Morgan fingerprint density at radius 1 is 1.10 bits per heavy atom. The number of nitrogens with one attached hydrogen (secondary N) is 1. The summed E-state index contributed by atoms with van der Waals surface area (Å²) < 4.78 is 11.6. The molecule has 5 rings (SSSR count). The summed E-state index contributed by atoms with van der Waals surface area (Å²) in [5.74, 6) is 2.09. The molecule has 3 aromatic carbocycles. The van der Waals surface area contributed by atoms with E-state index in [1.54, 1.807) is 18.2 Å². The second-order valence-electron chi connectivity index (χ2n) is 11.0. The third kappa shape index (κ3) is 6.85. The number of nitrogens with zero attached hydrogens (tertiary/aromatic N) is 3. The number of carbonyl (C=O) groups excluding carboxylic acids is 1. The number of halogens is 1. The Hall–Kier alpha value is -3.68. The molecular weight excluding hydrogens is 512 g/mol. The molecule has 1 aliphatic heterocycles. The van der Waals surface area contributed by atoms with Crippen molar-refractivity contribution >= 4 is 23.2 Å². The predicted molar refractivity (Wildman–Crippen MR) is 153 cm³/mol. The van der Waals surface area contributed by atoms with Crippen LogP contribution < -0.4 is 10.1 Å². The van der Waals surface area contributed by atoms with E-state index in [0.29, 0.717) is 47.0 Å². The van der Waals surface area contributed by atoms with Crippen molar-refractivity contribution < 1.29 is 14.1 Å². The number of aromatic nitrogens is 2. The quantitative estimate of drug-likeness (QED) is 0.262. The highest BCUT2D eigenvalue weighted by Gasteiger charge is 2.28. The molecule has 2 heterocycles. The zero-order valence-electron chi connectivity index (χ0n) is 22.5. The summed E-state index contributed by atoms with van der Waals surface area (Å²) in [7, 11) is 0. The summed E-state index contributed by atoms with van der Waals surface area (Å²) in [4.78, 5) is 20.1. The molecule has 1 unspecified atom stereocenters. The maximum Gasteiger partial charge on any atom is 0.241 e. The molecule has 1 aliphatic rings. The Morgan fingerprint density at radius 2 is 1.87 bits per heavy atom. The van der Waals surface area contributed by atoms with E-state index in [1.807, 2.05) is 42.5 Å². The number of benzene rings is 3. The zero-order chi connectivity index (χ0) is 27.4. The molecule has 0 radical (unpaired) electrons. The molecule has 1 aromatic heterocycles. The Morgan fingerprint density at radius 3 is 2.62 bits per heavy atom. The number of hydrogen-bond donors (Lipinski definition) is 1. The minimum atomic E-state index is -0.186. The third-order valence-corrected chi connectivity index (χ3v) is 7.12. The van der Waals surface area contributed by atoms with E-state index in [0.717, 1.165) is 24.9 Å². The highest BCUT2D eigenvalue weighted by Crippen LogP contribution is 2.33.